The van der Waals surface area contributed by atoms with Crippen LogP contribution in [-0.4, -0.2) is 28.4 Å². The van der Waals surface area contributed by atoms with Crippen molar-refractivity contribution in [3.05, 3.63) is 48.0 Å². The van der Waals surface area contributed by atoms with Crippen LogP contribution in [-0.2, 0) is 15.9 Å². The van der Waals surface area contributed by atoms with E-state index in [1.807, 2.05) is 6.07 Å². The normalized spacial score (nSPS) is 13.6. The van der Waals surface area contributed by atoms with Crippen LogP contribution in [0.1, 0.15) is 5.56 Å². The molecule has 6 heteroatoms. The van der Waals surface area contributed by atoms with Crippen molar-refractivity contribution in [3.8, 4) is 0 Å². The number of hydrogen-bond acceptors (Lipinski definition) is 4. The molecule has 0 fully saturated rings. The highest BCUT2D eigenvalue weighted by Gasteiger charge is 2.08. The van der Waals surface area contributed by atoms with Crippen molar-refractivity contribution in [2.45, 2.75) is 6.42 Å². The minimum Gasteiger partial charge on any atom is -0.462 e. The molecule has 1 aliphatic heterocycles. The second kappa shape index (κ2) is 6.87. The highest BCUT2D eigenvalue weighted by molar-refractivity contribution is 8.23. The van der Waals surface area contributed by atoms with Gasteiger partial charge in [0.25, 0.3) is 0 Å². The number of benzene rings is 1. The van der Waals surface area contributed by atoms with E-state index in [0.717, 1.165) is 23.0 Å². The fourth-order valence-electron chi connectivity index (χ4n) is 2.17. The number of thioether (sulfide) groups is 1. The molecule has 0 spiro atoms. The first-order valence-corrected chi connectivity index (χ1v) is 8.11. The molecule has 1 aromatic carbocycles. The van der Waals surface area contributed by atoms with Crippen LogP contribution in [0.5, 0.6) is 0 Å². The Balaban J connectivity index is 1.44. The highest BCUT2D eigenvalue weighted by atomic mass is 32.2. The third kappa shape index (κ3) is 3.71. The maximum Gasteiger partial charge on any atom is 0.229 e. The van der Waals surface area contributed by atoms with Gasteiger partial charge >= 0.3 is 0 Å². The summed E-state index contributed by atoms with van der Waals surface area (Å²) in [7, 11) is 0. The third-order valence-electron chi connectivity index (χ3n) is 3.21. The summed E-state index contributed by atoms with van der Waals surface area (Å²) in [5.41, 5.74) is 2.48. The summed E-state index contributed by atoms with van der Waals surface area (Å²) in [6, 6.07) is 8.32. The van der Waals surface area contributed by atoms with Crippen molar-refractivity contribution in [1.29, 1.82) is 0 Å². The molecule has 21 heavy (non-hydrogen) atoms. The van der Waals surface area contributed by atoms with E-state index in [1.54, 1.807) is 18.0 Å². The lowest BCUT2D eigenvalue weighted by atomic mass is 10.1. The molecule has 110 valence electrons. The van der Waals surface area contributed by atoms with E-state index in [2.05, 4.69) is 34.7 Å². The predicted octanol–water partition coefficient (Wildman–Crippen LogP) is 3.16. The molecule has 0 aliphatic carbocycles. The number of nitrogens with one attached hydrogen (secondary N) is 2. The van der Waals surface area contributed by atoms with E-state index in [0.29, 0.717) is 12.5 Å². The van der Waals surface area contributed by atoms with E-state index in [1.165, 1.54) is 16.5 Å². The minimum atomic E-state index is 0.316. The molecular formula is C15H16N2O2S2. The lowest BCUT2D eigenvalue weighted by molar-refractivity contribution is 0.0818. The summed E-state index contributed by atoms with van der Waals surface area (Å²) < 4.78 is 11.0. The van der Waals surface area contributed by atoms with Gasteiger partial charge in [-0.25, -0.2) is 0 Å². The topological polar surface area (TPSA) is 46.3 Å². The number of para-hydroxylation sites is 1. The van der Waals surface area contributed by atoms with Gasteiger partial charge in [-0.2, -0.15) is 0 Å². The molecule has 0 atom stereocenters. The number of thiocarbonyl (C=S) groups is 1. The van der Waals surface area contributed by atoms with Crippen LogP contribution < -0.4 is 5.32 Å². The van der Waals surface area contributed by atoms with Crippen molar-refractivity contribution >= 4 is 39.2 Å². The largest absolute Gasteiger partial charge is 0.462 e. The van der Waals surface area contributed by atoms with Crippen LogP contribution >= 0.6 is 24.0 Å². The van der Waals surface area contributed by atoms with E-state index in [9.17, 15) is 0 Å². The van der Waals surface area contributed by atoms with Gasteiger partial charge in [0, 0.05) is 23.6 Å². The third-order valence-corrected chi connectivity index (χ3v) is 4.54. The number of hydrogen-bond donors (Lipinski definition) is 2. The Morgan fingerprint density at radius 3 is 3.14 bits per heavy atom. The average Bonchev–Trinajstić information content (AvgIpc) is 3.15. The van der Waals surface area contributed by atoms with Crippen molar-refractivity contribution in [2.24, 2.45) is 0 Å². The van der Waals surface area contributed by atoms with Gasteiger partial charge in [-0.05, 0) is 18.1 Å². The fraction of sp³-hybridized carbons (Fsp3) is 0.267. The van der Waals surface area contributed by atoms with E-state index in [4.69, 9.17) is 21.7 Å². The minimum absolute atomic E-state index is 0.316. The molecule has 0 amide bonds. The van der Waals surface area contributed by atoms with Crippen molar-refractivity contribution in [2.75, 3.05) is 19.1 Å². The summed E-state index contributed by atoms with van der Waals surface area (Å²) in [5.74, 6) is 1.54. The van der Waals surface area contributed by atoms with Gasteiger partial charge in [0.1, 0.15) is 16.3 Å². The Morgan fingerprint density at radius 2 is 2.29 bits per heavy atom. The molecular weight excluding hydrogens is 304 g/mol. The fourth-order valence-corrected chi connectivity index (χ4v) is 3.08. The Hall–Kier alpha value is -1.66. The van der Waals surface area contributed by atoms with Crippen LogP contribution in [0.4, 0.5) is 0 Å². The Bertz CT molecular complexity index is 666. The number of rotatable bonds is 5. The summed E-state index contributed by atoms with van der Waals surface area (Å²) in [5, 5.41) is 4.54. The lowest BCUT2D eigenvalue weighted by Gasteiger charge is -2.07. The van der Waals surface area contributed by atoms with E-state index in [-0.39, 0.29) is 0 Å². The van der Waals surface area contributed by atoms with Crippen LogP contribution in [0.3, 0.4) is 0 Å². The second-order valence-corrected chi connectivity index (χ2v) is 6.28. The van der Waals surface area contributed by atoms with Gasteiger partial charge in [0.15, 0.2) is 0 Å². The van der Waals surface area contributed by atoms with Gasteiger partial charge in [-0.15, -0.1) is 0 Å². The average molecular weight is 320 g/mol. The van der Waals surface area contributed by atoms with Crippen LogP contribution in [0.15, 0.2) is 42.5 Å². The molecule has 0 saturated heterocycles. The quantitative estimate of drug-likeness (QED) is 0.829. The molecule has 1 aromatic heterocycles. The maximum atomic E-state index is 5.30. The van der Waals surface area contributed by atoms with Crippen LogP contribution in [0.25, 0.3) is 10.9 Å². The highest BCUT2D eigenvalue weighted by Crippen LogP contribution is 2.18. The Labute approximate surface area is 132 Å². The molecule has 3 rings (SSSR count). The zero-order valence-corrected chi connectivity index (χ0v) is 13.1. The molecule has 2 heterocycles. The second-order valence-electron chi connectivity index (χ2n) is 4.63. The number of aromatic amines is 1. The summed E-state index contributed by atoms with van der Waals surface area (Å²) >= 11 is 6.85. The van der Waals surface area contributed by atoms with Crippen molar-refractivity contribution < 1.29 is 9.47 Å². The molecule has 1 aliphatic rings. The summed E-state index contributed by atoms with van der Waals surface area (Å²) in [6.45, 7) is 1.14. The van der Waals surface area contributed by atoms with Gasteiger partial charge in [0.05, 0.1) is 5.75 Å². The first kappa shape index (κ1) is 14.3. The molecule has 4 nitrogen and oxygen atoms in total. The van der Waals surface area contributed by atoms with Gasteiger partial charge in [0.2, 0.25) is 6.79 Å². The van der Waals surface area contributed by atoms with Crippen LogP contribution in [0, 0.1) is 0 Å². The predicted molar refractivity (Wildman–Crippen MR) is 90.2 cm³/mol. The first-order chi connectivity index (χ1) is 10.3. The SMILES string of the molecule is S=C(NCCc1c[nH]c2ccccc12)SCC1=COCO1. The van der Waals surface area contributed by atoms with E-state index < -0.39 is 0 Å². The zero-order chi connectivity index (χ0) is 14.5. The maximum absolute atomic E-state index is 5.30. The van der Waals surface area contributed by atoms with Crippen molar-refractivity contribution in [3.63, 3.8) is 0 Å². The zero-order valence-electron chi connectivity index (χ0n) is 11.4. The number of fused-ring (bicyclic) bond motifs is 1. The van der Waals surface area contributed by atoms with Gasteiger partial charge in [-0.1, -0.05) is 42.2 Å². The molecule has 2 aromatic rings. The summed E-state index contributed by atoms with van der Waals surface area (Å²) in [6.07, 6.45) is 4.64. The van der Waals surface area contributed by atoms with Crippen LogP contribution in [0.2, 0.25) is 0 Å². The molecule has 0 unspecified atom stereocenters. The molecule has 0 saturated carbocycles. The van der Waals surface area contributed by atoms with Gasteiger partial charge in [-0.3, -0.25) is 0 Å². The molecule has 2 N–H and O–H groups in total. The first-order valence-electron chi connectivity index (χ1n) is 6.72. The van der Waals surface area contributed by atoms with Crippen molar-refractivity contribution in [1.82, 2.24) is 10.3 Å². The monoisotopic (exact) mass is 320 g/mol. The Morgan fingerprint density at radius 1 is 1.38 bits per heavy atom. The lowest BCUT2D eigenvalue weighted by Crippen LogP contribution is -2.21. The number of H-pyrrole nitrogens is 1. The standard InChI is InChI=1S/C15H16N2O2S2/c20-15(21-9-12-8-18-10-19-12)16-6-5-11-7-17-14-4-2-1-3-13(11)14/h1-4,7-8,17H,5-6,9-10H2,(H,16,20). The summed E-state index contributed by atoms with van der Waals surface area (Å²) in [4.78, 5) is 3.28. The molecule has 0 radical (unpaired) electrons. The van der Waals surface area contributed by atoms with Gasteiger partial charge < -0.3 is 19.8 Å². The number of aromatic nitrogens is 1. The Kier molecular flexibility index (Phi) is 4.67. The number of ether oxygens (including phenoxy) is 2. The molecule has 0 bridgehead atoms. The smallest absolute Gasteiger partial charge is 0.229 e. The van der Waals surface area contributed by atoms with E-state index >= 15 is 0 Å².